The molecular formula is C24H20O. The Kier molecular flexibility index (Phi) is 3.27. The van der Waals surface area contributed by atoms with Crippen molar-refractivity contribution in [1.29, 1.82) is 0 Å². The van der Waals surface area contributed by atoms with E-state index in [1.54, 1.807) is 0 Å². The van der Waals surface area contributed by atoms with Gasteiger partial charge in [-0.15, -0.1) is 0 Å². The lowest BCUT2D eigenvalue weighted by Crippen LogP contribution is -1.80. The van der Waals surface area contributed by atoms with Crippen LogP contribution in [-0.4, -0.2) is 0 Å². The van der Waals surface area contributed by atoms with Gasteiger partial charge in [-0.2, -0.15) is 0 Å². The smallest absolute Gasteiger partial charge is 0.142 e. The van der Waals surface area contributed by atoms with Crippen molar-refractivity contribution in [3.05, 3.63) is 72.5 Å². The molecule has 0 spiro atoms. The second kappa shape index (κ2) is 5.63. The van der Waals surface area contributed by atoms with Crippen molar-refractivity contribution in [2.24, 2.45) is 0 Å². The van der Waals surface area contributed by atoms with Crippen LogP contribution in [-0.2, 0) is 6.42 Å². The van der Waals surface area contributed by atoms with Gasteiger partial charge in [-0.3, -0.25) is 0 Å². The van der Waals surface area contributed by atoms with Crippen LogP contribution in [0.15, 0.2) is 71.1 Å². The average Bonchev–Trinajstić information content (AvgIpc) is 3.07. The first-order valence-corrected chi connectivity index (χ1v) is 9.10. The average molecular weight is 324 g/mol. The zero-order valence-corrected chi connectivity index (χ0v) is 14.4. The molecule has 0 unspecified atom stereocenters. The van der Waals surface area contributed by atoms with Gasteiger partial charge in [0.05, 0.1) is 0 Å². The fourth-order valence-corrected chi connectivity index (χ4v) is 3.85. The van der Waals surface area contributed by atoms with Crippen LogP contribution >= 0.6 is 0 Å². The van der Waals surface area contributed by atoms with E-state index in [0.29, 0.717) is 0 Å². The number of rotatable bonds is 3. The number of unbranched alkanes of at least 4 members (excludes halogenated alkanes) is 1. The fourth-order valence-electron chi connectivity index (χ4n) is 3.85. The Balaban J connectivity index is 1.81. The summed E-state index contributed by atoms with van der Waals surface area (Å²) in [6, 6.07) is 24.2. The van der Waals surface area contributed by atoms with Crippen LogP contribution in [0, 0.1) is 0 Å². The minimum absolute atomic E-state index is 1.02. The van der Waals surface area contributed by atoms with E-state index in [2.05, 4.69) is 73.7 Å². The lowest BCUT2D eigenvalue weighted by atomic mass is 9.97. The summed E-state index contributed by atoms with van der Waals surface area (Å²) >= 11 is 0. The van der Waals surface area contributed by atoms with Gasteiger partial charge in [0, 0.05) is 17.2 Å². The quantitative estimate of drug-likeness (QED) is 0.252. The molecule has 122 valence electrons. The van der Waals surface area contributed by atoms with E-state index < -0.39 is 0 Å². The highest BCUT2D eigenvalue weighted by molar-refractivity contribution is 6.17. The number of benzene rings is 4. The molecular weight excluding hydrogens is 304 g/mol. The van der Waals surface area contributed by atoms with Crippen molar-refractivity contribution in [3.63, 3.8) is 0 Å². The van der Waals surface area contributed by atoms with E-state index in [-0.39, 0.29) is 0 Å². The first-order valence-electron chi connectivity index (χ1n) is 9.10. The maximum atomic E-state index is 6.22. The third-order valence-corrected chi connectivity index (χ3v) is 5.19. The van der Waals surface area contributed by atoms with E-state index >= 15 is 0 Å². The van der Waals surface area contributed by atoms with Crippen molar-refractivity contribution >= 4 is 43.3 Å². The lowest BCUT2D eigenvalue weighted by Gasteiger charge is -2.07. The molecule has 0 aliphatic carbocycles. The summed E-state index contributed by atoms with van der Waals surface area (Å²) < 4.78 is 6.22. The summed E-state index contributed by atoms with van der Waals surface area (Å²) in [5.41, 5.74) is 1.03. The zero-order valence-electron chi connectivity index (χ0n) is 14.4. The number of furan rings is 1. The van der Waals surface area contributed by atoms with Gasteiger partial charge in [0.25, 0.3) is 0 Å². The Morgan fingerprint density at radius 2 is 1.44 bits per heavy atom. The summed E-state index contributed by atoms with van der Waals surface area (Å²) in [5, 5.41) is 8.84. The standard InChI is InChI=1S/C24H20O/c1-2-3-8-20-14-19-10-11-21-22(24(19)25-20)12-9-18-13-16-6-4-5-7-17(16)15-23(18)21/h4-7,9-15H,2-3,8H2,1H3. The summed E-state index contributed by atoms with van der Waals surface area (Å²) in [6.45, 7) is 2.22. The summed E-state index contributed by atoms with van der Waals surface area (Å²) in [7, 11) is 0. The van der Waals surface area contributed by atoms with Gasteiger partial charge in [0.1, 0.15) is 11.3 Å². The molecule has 0 aliphatic rings. The molecule has 0 bridgehead atoms. The van der Waals surface area contributed by atoms with Crippen LogP contribution in [0.5, 0.6) is 0 Å². The van der Waals surface area contributed by atoms with E-state index in [9.17, 15) is 0 Å². The molecule has 5 rings (SSSR count). The number of aryl methyl sites for hydroxylation is 1. The largest absolute Gasteiger partial charge is 0.460 e. The van der Waals surface area contributed by atoms with Crippen molar-refractivity contribution in [2.75, 3.05) is 0 Å². The van der Waals surface area contributed by atoms with Crippen LogP contribution in [0.3, 0.4) is 0 Å². The molecule has 4 aromatic carbocycles. The van der Waals surface area contributed by atoms with E-state index in [4.69, 9.17) is 4.42 Å². The number of hydrogen-bond donors (Lipinski definition) is 0. The highest BCUT2D eigenvalue weighted by atomic mass is 16.3. The predicted molar refractivity (Wildman–Crippen MR) is 107 cm³/mol. The van der Waals surface area contributed by atoms with Gasteiger partial charge in [-0.05, 0) is 57.6 Å². The summed E-state index contributed by atoms with van der Waals surface area (Å²) in [4.78, 5) is 0. The van der Waals surface area contributed by atoms with E-state index in [0.717, 1.165) is 17.8 Å². The molecule has 0 atom stereocenters. The normalized spacial score (nSPS) is 11.9. The zero-order chi connectivity index (χ0) is 16.8. The Labute approximate surface area is 146 Å². The van der Waals surface area contributed by atoms with Crippen molar-refractivity contribution in [3.8, 4) is 0 Å². The summed E-state index contributed by atoms with van der Waals surface area (Å²) in [5.74, 6) is 1.10. The van der Waals surface area contributed by atoms with Gasteiger partial charge in [-0.25, -0.2) is 0 Å². The van der Waals surface area contributed by atoms with Crippen LogP contribution in [0.2, 0.25) is 0 Å². The van der Waals surface area contributed by atoms with E-state index in [1.165, 1.54) is 50.5 Å². The monoisotopic (exact) mass is 324 g/mol. The van der Waals surface area contributed by atoms with Crippen molar-refractivity contribution in [1.82, 2.24) is 0 Å². The highest BCUT2D eigenvalue weighted by Crippen LogP contribution is 2.34. The molecule has 0 radical (unpaired) electrons. The molecule has 25 heavy (non-hydrogen) atoms. The highest BCUT2D eigenvalue weighted by Gasteiger charge is 2.10. The predicted octanol–water partition coefficient (Wildman–Crippen LogP) is 7.24. The van der Waals surface area contributed by atoms with Crippen LogP contribution in [0.25, 0.3) is 43.3 Å². The van der Waals surface area contributed by atoms with Crippen LogP contribution < -0.4 is 0 Å². The van der Waals surface area contributed by atoms with E-state index in [1.807, 2.05) is 0 Å². The van der Waals surface area contributed by atoms with Crippen LogP contribution in [0.1, 0.15) is 25.5 Å². The Morgan fingerprint density at radius 1 is 0.680 bits per heavy atom. The molecule has 0 fully saturated rings. The van der Waals surface area contributed by atoms with Crippen molar-refractivity contribution in [2.45, 2.75) is 26.2 Å². The fraction of sp³-hybridized carbons (Fsp3) is 0.167. The molecule has 1 heteroatoms. The maximum absolute atomic E-state index is 6.22. The third kappa shape index (κ3) is 2.31. The second-order valence-corrected chi connectivity index (χ2v) is 6.88. The molecule has 0 saturated heterocycles. The number of fused-ring (bicyclic) bond motifs is 6. The minimum atomic E-state index is 1.02. The Hall–Kier alpha value is -2.80. The van der Waals surface area contributed by atoms with Gasteiger partial charge >= 0.3 is 0 Å². The summed E-state index contributed by atoms with van der Waals surface area (Å²) in [6.07, 6.45) is 3.38. The second-order valence-electron chi connectivity index (χ2n) is 6.88. The molecule has 0 amide bonds. The third-order valence-electron chi connectivity index (χ3n) is 5.19. The van der Waals surface area contributed by atoms with Gasteiger partial charge in [-0.1, -0.05) is 55.8 Å². The Morgan fingerprint density at radius 3 is 2.28 bits per heavy atom. The molecule has 1 aromatic heterocycles. The van der Waals surface area contributed by atoms with Crippen molar-refractivity contribution < 1.29 is 4.42 Å². The Bertz CT molecular complexity index is 1230. The lowest BCUT2D eigenvalue weighted by molar-refractivity contribution is 0.539. The van der Waals surface area contributed by atoms with Gasteiger partial charge in [0.2, 0.25) is 0 Å². The number of hydrogen-bond acceptors (Lipinski definition) is 1. The minimum Gasteiger partial charge on any atom is -0.460 e. The molecule has 0 saturated carbocycles. The SMILES string of the molecule is CCCCc1cc2ccc3c4cc5ccccc5cc4ccc3c2o1. The molecule has 0 aliphatic heterocycles. The molecule has 1 nitrogen and oxygen atoms in total. The first-order chi connectivity index (χ1) is 12.3. The van der Waals surface area contributed by atoms with Gasteiger partial charge < -0.3 is 4.42 Å². The molecule has 5 aromatic rings. The topological polar surface area (TPSA) is 13.1 Å². The van der Waals surface area contributed by atoms with Gasteiger partial charge in [0.15, 0.2) is 0 Å². The van der Waals surface area contributed by atoms with Crippen LogP contribution in [0.4, 0.5) is 0 Å². The first kappa shape index (κ1) is 14.5. The maximum Gasteiger partial charge on any atom is 0.142 e. The molecule has 0 N–H and O–H groups in total. The molecule has 1 heterocycles.